The van der Waals surface area contributed by atoms with Gasteiger partial charge in [0.15, 0.2) is 0 Å². The average Bonchev–Trinajstić information content (AvgIpc) is 3.71. The van der Waals surface area contributed by atoms with Gasteiger partial charge >= 0.3 is 12.1 Å². The summed E-state index contributed by atoms with van der Waals surface area (Å²) in [6, 6.07) is 10.6. The van der Waals surface area contributed by atoms with E-state index in [0.717, 1.165) is 24.5 Å². The molecule has 1 atom stereocenters. The van der Waals surface area contributed by atoms with Crippen LogP contribution in [-0.2, 0) is 11.4 Å². The van der Waals surface area contributed by atoms with Crippen molar-refractivity contribution in [3.8, 4) is 22.8 Å². The van der Waals surface area contributed by atoms with E-state index < -0.39 is 29.2 Å². The summed E-state index contributed by atoms with van der Waals surface area (Å²) in [6.45, 7) is 2.90. The highest BCUT2D eigenvalue weighted by Crippen LogP contribution is 2.45. The zero-order valence-electron chi connectivity index (χ0n) is 19.9. The molecule has 1 unspecified atom stereocenters. The summed E-state index contributed by atoms with van der Waals surface area (Å²) in [5.74, 6) is -0.865. The SMILES string of the molecule is C=C(c1nc(COc2cccc(C(CC(=O)O)C3CC3)c2)cnc1-c1cc(OC)ccc1F)C(F)(F)F. The van der Waals surface area contributed by atoms with Gasteiger partial charge in [-0.1, -0.05) is 18.7 Å². The number of allylic oxidation sites excluding steroid dienone is 1. The van der Waals surface area contributed by atoms with Crippen LogP contribution in [0.1, 0.15) is 42.1 Å². The maximum atomic E-state index is 14.5. The molecule has 1 aromatic heterocycles. The average molecular weight is 516 g/mol. The topological polar surface area (TPSA) is 81.5 Å². The quantitative estimate of drug-likeness (QED) is 0.314. The molecule has 0 saturated heterocycles. The Labute approximate surface area is 210 Å². The molecule has 6 nitrogen and oxygen atoms in total. The number of aliphatic carboxylic acids is 1. The standard InChI is InChI=1S/C27H24F4N2O4/c1-15(27(29,30)31)25-26(22-11-19(36-2)8-9-23(22)28)32-13-18(33-25)14-37-20-5-3-4-17(10-20)21(12-24(34)35)16-6-7-16/h3-5,8-11,13,16,21H,1,6-7,12,14H2,2H3,(H,34,35). The number of hydrogen-bond donors (Lipinski definition) is 1. The van der Waals surface area contributed by atoms with Crippen molar-refractivity contribution in [2.75, 3.05) is 7.11 Å². The van der Waals surface area contributed by atoms with Gasteiger partial charge in [-0.15, -0.1) is 0 Å². The fourth-order valence-electron chi connectivity index (χ4n) is 4.09. The van der Waals surface area contributed by atoms with Crippen LogP contribution in [0.3, 0.4) is 0 Å². The molecule has 194 valence electrons. The van der Waals surface area contributed by atoms with Crippen LogP contribution >= 0.6 is 0 Å². The van der Waals surface area contributed by atoms with Crippen molar-refractivity contribution in [2.45, 2.75) is 38.0 Å². The third-order valence-corrected chi connectivity index (χ3v) is 6.14. The lowest BCUT2D eigenvalue weighted by molar-refractivity contribution is -0.137. The first-order valence-electron chi connectivity index (χ1n) is 11.5. The van der Waals surface area contributed by atoms with Crippen molar-refractivity contribution in [3.63, 3.8) is 0 Å². The van der Waals surface area contributed by atoms with Gasteiger partial charge in [-0.3, -0.25) is 9.78 Å². The maximum absolute atomic E-state index is 14.5. The number of aromatic nitrogens is 2. The number of nitrogens with zero attached hydrogens (tertiary/aromatic N) is 2. The number of halogens is 4. The monoisotopic (exact) mass is 516 g/mol. The van der Waals surface area contributed by atoms with Gasteiger partial charge in [-0.25, -0.2) is 9.37 Å². The molecule has 37 heavy (non-hydrogen) atoms. The molecule has 0 radical (unpaired) electrons. The number of methoxy groups -OCH3 is 1. The van der Waals surface area contributed by atoms with E-state index >= 15 is 0 Å². The van der Waals surface area contributed by atoms with Crippen LogP contribution in [-0.4, -0.2) is 34.3 Å². The van der Waals surface area contributed by atoms with E-state index in [9.17, 15) is 27.5 Å². The molecule has 1 aliphatic carbocycles. The van der Waals surface area contributed by atoms with Gasteiger partial charge in [0.25, 0.3) is 0 Å². The zero-order chi connectivity index (χ0) is 26.7. The van der Waals surface area contributed by atoms with Gasteiger partial charge in [-0.2, -0.15) is 13.2 Å². The fourth-order valence-corrected chi connectivity index (χ4v) is 4.09. The third kappa shape index (κ3) is 6.25. The molecule has 4 rings (SSSR count). The number of hydrogen-bond acceptors (Lipinski definition) is 5. The Morgan fingerprint density at radius 2 is 1.95 bits per heavy atom. The lowest BCUT2D eigenvalue weighted by atomic mass is 9.91. The first kappa shape index (κ1) is 26.1. The van der Waals surface area contributed by atoms with Crippen LogP contribution in [0.2, 0.25) is 0 Å². The Kier molecular flexibility index (Phi) is 7.47. The van der Waals surface area contributed by atoms with Gasteiger partial charge < -0.3 is 14.6 Å². The highest BCUT2D eigenvalue weighted by Gasteiger charge is 2.36. The van der Waals surface area contributed by atoms with Gasteiger partial charge in [0.2, 0.25) is 0 Å². The van der Waals surface area contributed by atoms with Crippen LogP contribution in [0.4, 0.5) is 17.6 Å². The Morgan fingerprint density at radius 3 is 2.59 bits per heavy atom. The summed E-state index contributed by atoms with van der Waals surface area (Å²) >= 11 is 0. The summed E-state index contributed by atoms with van der Waals surface area (Å²) in [7, 11) is 1.35. The van der Waals surface area contributed by atoms with Gasteiger partial charge in [0.05, 0.1) is 36.7 Å². The summed E-state index contributed by atoms with van der Waals surface area (Å²) in [4.78, 5) is 19.4. The van der Waals surface area contributed by atoms with Crippen LogP contribution in [0.5, 0.6) is 11.5 Å². The van der Waals surface area contributed by atoms with Crippen molar-refractivity contribution in [3.05, 3.63) is 78.0 Å². The molecule has 1 fully saturated rings. The predicted octanol–water partition coefficient (Wildman–Crippen LogP) is 6.41. The maximum Gasteiger partial charge on any atom is 0.417 e. The Hall–Kier alpha value is -3.95. The number of carboxylic acid groups (broad SMARTS) is 1. The van der Waals surface area contributed by atoms with E-state index in [4.69, 9.17) is 9.47 Å². The van der Waals surface area contributed by atoms with E-state index in [-0.39, 0.29) is 41.6 Å². The molecule has 3 aromatic rings. The largest absolute Gasteiger partial charge is 0.497 e. The summed E-state index contributed by atoms with van der Waals surface area (Å²) in [5, 5.41) is 9.26. The molecular weight excluding hydrogens is 492 g/mol. The summed E-state index contributed by atoms with van der Waals surface area (Å²) in [6.07, 6.45) is -1.68. The zero-order valence-corrected chi connectivity index (χ0v) is 19.9. The molecule has 0 aliphatic heterocycles. The van der Waals surface area contributed by atoms with E-state index in [1.54, 1.807) is 18.2 Å². The molecule has 0 amide bonds. The smallest absolute Gasteiger partial charge is 0.417 e. The van der Waals surface area contributed by atoms with E-state index in [0.29, 0.717) is 11.7 Å². The summed E-state index contributed by atoms with van der Waals surface area (Å²) in [5.41, 5.74) is -1.54. The lowest BCUT2D eigenvalue weighted by Gasteiger charge is -2.17. The Bertz CT molecular complexity index is 1320. The summed E-state index contributed by atoms with van der Waals surface area (Å²) < 4.78 is 66.1. The molecule has 1 N–H and O–H groups in total. The Morgan fingerprint density at radius 1 is 1.19 bits per heavy atom. The normalized spacial score (nSPS) is 14.2. The lowest BCUT2D eigenvalue weighted by Crippen LogP contribution is -2.14. The number of carboxylic acids is 1. The van der Waals surface area contributed by atoms with E-state index in [2.05, 4.69) is 16.5 Å². The molecular formula is C27H24F4N2O4. The fraction of sp³-hybridized carbons (Fsp3) is 0.296. The van der Waals surface area contributed by atoms with Crippen LogP contribution in [0.25, 0.3) is 16.8 Å². The molecule has 2 aromatic carbocycles. The van der Waals surface area contributed by atoms with Crippen molar-refractivity contribution >= 4 is 11.5 Å². The highest BCUT2D eigenvalue weighted by atomic mass is 19.4. The minimum absolute atomic E-state index is 0.00476. The third-order valence-electron chi connectivity index (χ3n) is 6.14. The van der Waals surface area contributed by atoms with Crippen molar-refractivity contribution in [1.82, 2.24) is 9.97 Å². The minimum Gasteiger partial charge on any atom is -0.497 e. The molecule has 1 heterocycles. The second-order valence-corrected chi connectivity index (χ2v) is 8.78. The molecule has 0 spiro atoms. The number of rotatable bonds is 10. The molecule has 1 saturated carbocycles. The van der Waals surface area contributed by atoms with Crippen molar-refractivity contribution in [2.24, 2.45) is 5.92 Å². The van der Waals surface area contributed by atoms with Crippen LogP contribution in [0, 0.1) is 11.7 Å². The Balaban J connectivity index is 1.62. The molecule has 10 heteroatoms. The second kappa shape index (κ2) is 10.6. The highest BCUT2D eigenvalue weighted by molar-refractivity contribution is 5.78. The molecule has 1 aliphatic rings. The first-order valence-corrected chi connectivity index (χ1v) is 11.5. The number of alkyl halides is 3. The second-order valence-electron chi connectivity index (χ2n) is 8.78. The number of benzene rings is 2. The van der Waals surface area contributed by atoms with Crippen LogP contribution in [0.15, 0.2) is 55.2 Å². The predicted molar refractivity (Wildman–Crippen MR) is 128 cm³/mol. The van der Waals surface area contributed by atoms with Crippen LogP contribution < -0.4 is 9.47 Å². The molecule has 0 bridgehead atoms. The van der Waals surface area contributed by atoms with Crippen molar-refractivity contribution in [1.29, 1.82) is 0 Å². The van der Waals surface area contributed by atoms with Gasteiger partial charge in [-0.05, 0) is 60.6 Å². The van der Waals surface area contributed by atoms with Gasteiger partial charge in [0.1, 0.15) is 29.6 Å². The van der Waals surface area contributed by atoms with E-state index in [1.807, 2.05) is 6.07 Å². The number of carbonyl (C=O) groups is 1. The number of ether oxygens (including phenoxy) is 2. The van der Waals surface area contributed by atoms with Gasteiger partial charge in [0, 0.05) is 5.56 Å². The van der Waals surface area contributed by atoms with E-state index in [1.165, 1.54) is 25.4 Å². The first-order chi connectivity index (χ1) is 17.6. The minimum atomic E-state index is -4.82. The van der Waals surface area contributed by atoms with Crippen molar-refractivity contribution < 1.29 is 36.9 Å².